The standard InChI is InChI=1S/C12H15F2NO2/c1-7(2)11(15)12(16)17-6-8-3-4-9(13)5-10(8)14/h3-5,7,11H,6,15H2,1-2H3/t11-/m0/s1. The largest absolute Gasteiger partial charge is 0.460 e. The number of benzene rings is 1. The van der Waals surface area contributed by atoms with Crippen molar-refractivity contribution in [1.29, 1.82) is 0 Å². The van der Waals surface area contributed by atoms with E-state index in [-0.39, 0.29) is 18.1 Å². The Labute approximate surface area is 98.6 Å². The fourth-order valence-corrected chi connectivity index (χ4v) is 1.16. The van der Waals surface area contributed by atoms with Crippen LogP contribution in [0.5, 0.6) is 0 Å². The van der Waals surface area contributed by atoms with Gasteiger partial charge in [-0.3, -0.25) is 4.79 Å². The summed E-state index contributed by atoms with van der Waals surface area (Å²) in [5.41, 5.74) is 5.68. The first-order valence-corrected chi connectivity index (χ1v) is 5.28. The average molecular weight is 243 g/mol. The van der Waals surface area contributed by atoms with Crippen LogP contribution in [0.25, 0.3) is 0 Å². The van der Waals surface area contributed by atoms with Gasteiger partial charge >= 0.3 is 5.97 Å². The summed E-state index contributed by atoms with van der Waals surface area (Å²) in [5, 5.41) is 0. The van der Waals surface area contributed by atoms with Gasteiger partial charge in [0, 0.05) is 11.6 Å². The number of carbonyl (C=O) groups is 1. The Morgan fingerprint density at radius 3 is 2.59 bits per heavy atom. The van der Waals surface area contributed by atoms with Crippen molar-refractivity contribution in [2.45, 2.75) is 26.5 Å². The lowest BCUT2D eigenvalue weighted by molar-refractivity contribution is -0.147. The van der Waals surface area contributed by atoms with E-state index in [0.29, 0.717) is 0 Å². The lowest BCUT2D eigenvalue weighted by atomic mass is 10.1. The third-order valence-electron chi connectivity index (χ3n) is 2.38. The Morgan fingerprint density at radius 2 is 2.06 bits per heavy atom. The highest BCUT2D eigenvalue weighted by Gasteiger charge is 2.19. The molecule has 0 radical (unpaired) electrons. The number of hydrogen-bond donors (Lipinski definition) is 1. The minimum absolute atomic E-state index is 0.0550. The van der Waals surface area contributed by atoms with Gasteiger partial charge in [0.2, 0.25) is 0 Å². The third kappa shape index (κ3) is 3.78. The van der Waals surface area contributed by atoms with Gasteiger partial charge in [0.25, 0.3) is 0 Å². The van der Waals surface area contributed by atoms with Gasteiger partial charge in [-0.15, -0.1) is 0 Å². The molecule has 0 bridgehead atoms. The molecule has 1 aromatic carbocycles. The van der Waals surface area contributed by atoms with Crippen LogP contribution in [0.2, 0.25) is 0 Å². The van der Waals surface area contributed by atoms with Crippen molar-refractivity contribution in [2.24, 2.45) is 11.7 Å². The Bertz CT molecular complexity index is 407. The highest BCUT2D eigenvalue weighted by molar-refractivity contribution is 5.75. The maximum atomic E-state index is 13.2. The number of nitrogens with two attached hydrogens (primary N) is 1. The van der Waals surface area contributed by atoms with Crippen LogP contribution in [0.4, 0.5) is 8.78 Å². The van der Waals surface area contributed by atoms with Crippen molar-refractivity contribution < 1.29 is 18.3 Å². The van der Waals surface area contributed by atoms with Gasteiger partial charge < -0.3 is 10.5 Å². The molecule has 1 aromatic rings. The zero-order valence-electron chi connectivity index (χ0n) is 9.74. The molecule has 0 aliphatic rings. The van der Waals surface area contributed by atoms with E-state index in [1.807, 2.05) is 0 Å². The zero-order valence-corrected chi connectivity index (χ0v) is 9.74. The predicted molar refractivity (Wildman–Crippen MR) is 59.0 cm³/mol. The van der Waals surface area contributed by atoms with Gasteiger partial charge in [0.05, 0.1) is 0 Å². The number of esters is 1. The molecule has 0 spiro atoms. The fraction of sp³-hybridized carbons (Fsp3) is 0.417. The number of halogens is 2. The first-order chi connectivity index (χ1) is 7.91. The van der Waals surface area contributed by atoms with E-state index >= 15 is 0 Å². The van der Waals surface area contributed by atoms with E-state index in [4.69, 9.17) is 10.5 Å². The lowest BCUT2D eigenvalue weighted by Crippen LogP contribution is -2.36. The van der Waals surface area contributed by atoms with E-state index in [1.165, 1.54) is 6.07 Å². The van der Waals surface area contributed by atoms with E-state index < -0.39 is 23.6 Å². The summed E-state index contributed by atoms with van der Waals surface area (Å²) in [6.07, 6.45) is 0. The summed E-state index contributed by atoms with van der Waals surface area (Å²) >= 11 is 0. The first-order valence-electron chi connectivity index (χ1n) is 5.28. The molecular weight excluding hydrogens is 228 g/mol. The molecule has 94 valence electrons. The molecule has 1 rings (SSSR count). The van der Waals surface area contributed by atoms with E-state index in [2.05, 4.69) is 0 Å². The second kappa shape index (κ2) is 5.72. The van der Waals surface area contributed by atoms with Gasteiger partial charge in [-0.25, -0.2) is 8.78 Å². The Hall–Kier alpha value is -1.49. The molecule has 17 heavy (non-hydrogen) atoms. The monoisotopic (exact) mass is 243 g/mol. The van der Waals surface area contributed by atoms with Crippen molar-refractivity contribution in [2.75, 3.05) is 0 Å². The molecule has 0 unspecified atom stereocenters. The Kier molecular flexibility index (Phi) is 4.57. The lowest BCUT2D eigenvalue weighted by Gasteiger charge is -2.14. The topological polar surface area (TPSA) is 52.3 Å². The van der Waals surface area contributed by atoms with Crippen molar-refractivity contribution in [3.05, 3.63) is 35.4 Å². The van der Waals surface area contributed by atoms with Crippen LogP contribution in [-0.4, -0.2) is 12.0 Å². The first kappa shape index (κ1) is 13.6. The fourth-order valence-electron chi connectivity index (χ4n) is 1.16. The Balaban J connectivity index is 2.59. The second-order valence-electron chi connectivity index (χ2n) is 4.11. The molecule has 0 saturated carbocycles. The van der Waals surface area contributed by atoms with Crippen LogP contribution in [0.15, 0.2) is 18.2 Å². The second-order valence-corrected chi connectivity index (χ2v) is 4.11. The van der Waals surface area contributed by atoms with Crippen LogP contribution < -0.4 is 5.73 Å². The molecule has 0 aliphatic heterocycles. The number of hydrogen-bond acceptors (Lipinski definition) is 3. The Morgan fingerprint density at radius 1 is 1.41 bits per heavy atom. The van der Waals surface area contributed by atoms with Crippen LogP contribution in [-0.2, 0) is 16.1 Å². The summed E-state index contributed by atoms with van der Waals surface area (Å²) in [7, 11) is 0. The van der Waals surface area contributed by atoms with Crippen molar-refractivity contribution in [3.8, 4) is 0 Å². The summed E-state index contributed by atoms with van der Waals surface area (Å²) < 4.78 is 30.7. The summed E-state index contributed by atoms with van der Waals surface area (Å²) in [5.74, 6) is -2.06. The third-order valence-corrected chi connectivity index (χ3v) is 2.38. The highest BCUT2D eigenvalue weighted by atomic mass is 19.1. The molecule has 5 heteroatoms. The van der Waals surface area contributed by atoms with E-state index in [9.17, 15) is 13.6 Å². The van der Waals surface area contributed by atoms with Gasteiger partial charge in [0.15, 0.2) is 0 Å². The number of carbonyl (C=O) groups excluding carboxylic acids is 1. The average Bonchev–Trinajstić information content (AvgIpc) is 2.26. The van der Waals surface area contributed by atoms with Crippen LogP contribution >= 0.6 is 0 Å². The van der Waals surface area contributed by atoms with E-state index in [1.54, 1.807) is 13.8 Å². The molecule has 0 saturated heterocycles. The molecule has 1 atom stereocenters. The minimum atomic E-state index is -0.740. The van der Waals surface area contributed by atoms with Gasteiger partial charge in [-0.05, 0) is 18.1 Å². The van der Waals surface area contributed by atoms with Crippen molar-refractivity contribution in [3.63, 3.8) is 0 Å². The zero-order chi connectivity index (χ0) is 13.0. The maximum Gasteiger partial charge on any atom is 0.323 e. The van der Waals surface area contributed by atoms with Crippen LogP contribution in [0.1, 0.15) is 19.4 Å². The maximum absolute atomic E-state index is 13.2. The molecule has 3 nitrogen and oxygen atoms in total. The molecule has 0 aromatic heterocycles. The predicted octanol–water partition coefficient (Wildman–Crippen LogP) is 1.99. The molecule has 0 fully saturated rings. The van der Waals surface area contributed by atoms with Crippen LogP contribution in [0, 0.1) is 17.6 Å². The highest BCUT2D eigenvalue weighted by Crippen LogP contribution is 2.11. The van der Waals surface area contributed by atoms with Crippen molar-refractivity contribution in [1.82, 2.24) is 0 Å². The summed E-state index contributed by atoms with van der Waals surface area (Å²) in [6.45, 7) is 3.32. The number of ether oxygens (including phenoxy) is 1. The van der Waals surface area contributed by atoms with Gasteiger partial charge in [-0.1, -0.05) is 13.8 Å². The molecular formula is C12H15F2NO2. The molecule has 2 N–H and O–H groups in total. The number of rotatable bonds is 4. The quantitative estimate of drug-likeness (QED) is 0.823. The van der Waals surface area contributed by atoms with Crippen LogP contribution in [0.3, 0.4) is 0 Å². The smallest absolute Gasteiger partial charge is 0.323 e. The normalized spacial score (nSPS) is 12.6. The van der Waals surface area contributed by atoms with Gasteiger partial charge in [-0.2, -0.15) is 0 Å². The van der Waals surface area contributed by atoms with Gasteiger partial charge in [0.1, 0.15) is 24.3 Å². The molecule has 0 heterocycles. The molecule has 0 aliphatic carbocycles. The minimum Gasteiger partial charge on any atom is -0.460 e. The SMILES string of the molecule is CC(C)[C@H](N)C(=O)OCc1ccc(F)cc1F. The van der Waals surface area contributed by atoms with Crippen molar-refractivity contribution >= 4 is 5.97 Å². The summed E-state index contributed by atoms with van der Waals surface area (Å²) in [6, 6.07) is 2.34. The summed E-state index contributed by atoms with van der Waals surface area (Å²) in [4.78, 5) is 11.4. The van der Waals surface area contributed by atoms with E-state index in [0.717, 1.165) is 12.1 Å². The molecule has 0 amide bonds.